The van der Waals surface area contributed by atoms with Gasteiger partial charge in [-0.1, -0.05) is 12.1 Å². The molecule has 1 fully saturated rings. The molecule has 1 aliphatic rings. The van der Waals surface area contributed by atoms with Gasteiger partial charge in [0.2, 0.25) is 5.91 Å². The Morgan fingerprint density at radius 2 is 2.23 bits per heavy atom. The van der Waals surface area contributed by atoms with Crippen LogP contribution in [0.2, 0.25) is 0 Å². The summed E-state index contributed by atoms with van der Waals surface area (Å²) in [5.74, 6) is -0.117. The van der Waals surface area contributed by atoms with Gasteiger partial charge in [-0.05, 0) is 37.5 Å². The maximum Gasteiger partial charge on any atom is 0.315 e. The highest BCUT2D eigenvalue weighted by Crippen LogP contribution is 2.15. The number of amides is 3. The van der Waals surface area contributed by atoms with E-state index in [1.807, 2.05) is 31.2 Å². The largest absolute Gasteiger partial charge is 0.376 e. The van der Waals surface area contributed by atoms with Crippen LogP contribution in [0.4, 0.5) is 10.5 Å². The molecule has 120 valence electrons. The predicted octanol–water partition coefficient (Wildman–Crippen LogP) is 2.01. The molecule has 0 radical (unpaired) electrons. The van der Waals surface area contributed by atoms with Gasteiger partial charge in [-0.15, -0.1) is 0 Å². The molecule has 0 spiro atoms. The summed E-state index contributed by atoms with van der Waals surface area (Å²) < 4.78 is 5.55. The Hall–Kier alpha value is -2.08. The zero-order valence-electron chi connectivity index (χ0n) is 13.0. The van der Waals surface area contributed by atoms with Gasteiger partial charge in [-0.2, -0.15) is 0 Å². The molecule has 3 amide bonds. The zero-order valence-corrected chi connectivity index (χ0v) is 13.0. The van der Waals surface area contributed by atoms with Crippen LogP contribution in [0, 0.1) is 0 Å². The quantitative estimate of drug-likeness (QED) is 0.778. The van der Waals surface area contributed by atoms with Gasteiger partial charge >= 0.3 is 6.03 Å². The fourth-order valence-corrected chi connectivity index (χ4v) is 2.49. The number of anilines is 1. The molecule has 0 aliphatic carbocycles. The maximum atomic E-state index is 11.9. The number of urea groups is 1. The van der Waals surface area contributed by atoms with Crippen molar-refractivity contribution in [1.82, 2.24) is 10.6 Å². The maximum absolute atomic E-state index is 11.9. The summed E-state index contributed by atoms with van der Waals surface area (Å²) in [6, 6.07) is 7.17. The van der Waals surface area contributed by atoms with Crippen molar-refractivity contribution in [3.63, 3.8) is 0 Å². The molecule has 6 heteroatoms. The van der Waals surface area contributed by atoms with Crippen molar-refractivity contribution in [2.24, 2.45) is 0 Å². The first-order chi connectivity index (χ1) is 10.5. The molecule has 2 atom stereocenters. The Morgan fingerprint density at radius 1 is 1.41 bits per heavy atom. The van der Waals surface area contributed by atoms with Gasteiger partial charge in [0, 0.05) is 25.8 Å². The number of rotatable bonds is 5. The van der Waals surface area contributed by atoms with E-state index < -0.39 is 0 Å². The van der Waals surface area contributed by atoms with Crippen molar-refractivity contribution in [3.05, 3.63) is 29.8 Å². The number of carbonyl (C=O) groups excluding carboxylic acids is 2. The molecular formula is C16H23N3O3. The average molecular weight is 305 g/mol. The molecule has 0 bridgehead atoms. The number of ether oxygens (including phenoxy) is 1. The molecule has 3 N–H and O–H groups in total. The Kier molecular flexibility index (Phi) is 5.77. The first-order valence-corrected chi connectivity index (χ1v) is 7.57. The van der Waals surface area contributed by atoms with Gasteiger partial charge in [-0.3, -0.25) is 4.79 Å². The van der Waals surface area contributed by atoms with E-state index in [9.17, 15) is 9.59 Å². The van der Waals surface area contributed by atoms with Crippen molar-refractivity contribution in [2.75, 3.05) is 11.9 Å². The summed E-state index contributed by atoms with van der Waals surface area (Å²) in [7, 11) is 0. The molecule has 6 nitrogen and oxygen atoms in total. The van der Waals surface area contributed by atoms with Gasteiger partial charge in [0.25, 0.3) is 0 Å². The molecule has 1 aliphatic heterocycles. The summed E-state index contributed by atoms with van der Waals surface area (Å²) in [4.78, 5) is 22.9. The molecule has 1 heterocycles. The normalized spacial score (nSPS) is 18.5. The Bertz CT molecular complexity index is 527. The molecule has 0 saturated carbocycles. The van der Waals surface area contributed by atoms with E-state index in [1.54, 1.807) is 0 Å². The van der Waals surface area contributed by atoms with Crippen LogP contribution in [0.15, 0.2) is 24.3 Å². The van der Waals surface area contributed by atoms with Crippen LogP contribution in [0.3, 0.4) is 0 Å². The molecular weight excluding hydrogens is 282 g/mol. The second-order valence-electron chi connectivity index (χ2n) is 5.55. The van der Waals surface area contributed by atoms with Crippen LogP contribution < -0.4 is 16.0 Å². The van der Waals surface area contributed by atoms with E-state index >= 15 is 0 Å². The summed E-state index contributed by atoms with van der Waals surface area (Å²) >= 11 is 0. The molecule has 2 rings (SSSR count). The lowest BCUT2D eigenvalue weighted by atomic mass is 10.1. The van der Waals surface area contributed by atoms with Gasteiger partial charge in [-0.25, -0.2) is 4.79 Å². The molecule has 22 heavy (non-hydrogen) atoms. The lowest BCUT2D eigenvalue weighted by molar-refractivity contribution is -0.114. The summed E-state index contributed by atoms with van der Waals surface area (Å²) in [6.07, 6.45) is 2.14. The lowest BCUT2D eigenvalue weighted by Gasteiger charge is -2.20. The lowest BCUT2D eigenvalue weighted by Crippen LogP contribution is -2.45. The van der Waals surface area contributed by atoms with E-state index in [-0.39, 0.29) is 24.1 Å². The summed E-state index contributed by atoms with van der Waals surface area (Å²) in [6.45, 7) is 4.59. The van der Waals surface area contributed by atoms with E-state index in [2.05, 4.69) is 16.0 Å². The first-order valence-electron chi connectivity index (χ1n) is 7.57. The minimum Gasteiger partial charge on any atom is -0.376 e. The Balaban J connectivity index is 1.79. The van der Waals surface area contributed by atoms with E-state index in [0.717, 1.165) is 30.7 Å². The minimum absolute atomic E-state index is 0.00628. The predicted molar refractivity (Wildman–Crippen MR) is 84.6 cm³/mol. The molecule has 1 aromatic rings. The van der Waals surface area contributed by atoms with Crippen LogP contribution >= 0.6 is 0 Å². The van der Waals surface area contributed by atoms with Crippen molar-refractivity contribution >= 4 is 17.6 Å². The van der Waals surface area contributed by atoms with Crippen LogP contribution in [0.1, 0.15) is 32.3 Å². The fourth-order valence-electron chi connectivity index (χ4n) is 2.49. The Morgan fingerprint density at radius 3 is 2.91 bits per heavy atom. The smallest absolute Gasteiger partial charge is 0.315 e. The zero-order chi connectivity index (χ0) is 15.9. The molecule has 1 saturated heterocycles. The third-order valence-corrected chi connectivity index (χ3v) is 3.58. The van der Waals surface area contributed by atoms with Crippen LogP contribution in [-0.2, 0) is 16.1 Å². The van der Waals surface area contributed by atoms with Crippen LogP contribution in [-0.4, -0.2) is 30.7 Å². The van der Waals surface area contributed by atoms with E-state index in [1.165, 1.54) is 6.92 Å². The highest BCUT2D eigenvalue weighted by molar-refractivity contribution is 5.88. The topological polar surface area (TPSA) is 79.5 Å². The average Bonchev–Trinajstić information content (AvgIpc) is 2.99. The number of hydrogen-bond acceptors (Lipinski definition) is 3. The standard InChI is InChI=1S/C16H23N3O3/c1-11(15-7-4-8-22-15)18-16(21)17-10-13-5-3-6-14(9-13)19-12(2)20/h3,5-6,9,11,15H,4,7-8,10H2,1-2H3,(H,19,20)(H2,17,18,21)/t11-,15-/m1/s1. The van der Waals surface area contributed by atoms with Gasteiger partial charge in [0.05, 0.1) is 12.1 Å². The van der Waals surface area contributed by atoms with Crippen LogP contribution in [0.25, 0.3) is 0 Å². The number of nitrogens with one attached hydrogen (secondary N) is 3. The Labute approximate surface area is 130 Å². The summed E-state index contributed by atoms with van der Waals surface area (Å²) in [5, 5.41) is 8.43. The summed E-state index contributed by atoms with van der Waals surface area (Å²) in [5.41, 5.74) is 1.64. The minimum atomic E-state index is -0.215. The fraction of sp³-hybridized carbons (Fsp3) is 0.500. The molecule has 1 aromatic carbocycles. The van der Waals surface area contributed by atoms with E-state index in [4.69, 9.17) is 4.74 Å². The van der Waals surface area contributed by atoms with Gasteiger partial charge in [0.15, 0.2) is 0 Å². The van der Waals surface area contributed by atoms with Crippen LogP contribution in [0.5, 0.6) is 0 Å². The number of benzene rings is 1. The van der Waals surface area contributed by atoms with Gasteiger partial charge in [0.1, 0.15) is 0 Å². The highest BCUT2D eigenvalue weighted by Gasteiger charge is 2.23. The SMILES string of the molecule is CC(=O)Nc1cccc(CNC(=O)N[C@H](C)[C@H]2CCCO2)c1. The number of carbonyl (C=O) groups is 2. The second kappa shape index (κ2) is 7.79. The third kappa shape index (κ3) is 5.04. The van der Waals surface area contributed by atoms with Crippen molar-refractivity contribution in [1.29, 1.82) is 0 Å². The van der Waals surface area contributed by atoms with Crippen molar-refractivity contribution in [3.8, 4) is 0 Å². The van der Waals surface area contributed by atoms with Gasteiger partial charge < -0.3 is 20.7 Å². The third-order valence-electron chi connectivity index (χ3n) is 3.58. The monoisotopic (exact) mass is 305 g/mol. The highest BCUT2D eigenvalue weighted by atomic mass is 16.5. The molecule has 0 unspecified atom stereocenters. The van der Waals surface area contributed by atoms with Crippen molar-refractivity contribution < 1.29 is 14.3 Å². The first kappa shape index (κ1) is 16.3. The molecule has 0 aromatic heterocycles. The number of hydrogen-bond donors (Lipinski definition) is 3. The van der Waals surface area contributed by atoms with Crippen molar-refractivity contribution in [2.45, 2.75) is 45.4 Å². The second-order valence-corrected chi connectivity index (χ2v) is 5.55. The van der Waals surface area contributed by atoms with E-state index in [0.29, 0.717) is 6.54 Å².